The molecule has 1 aromatic carbocycles. The number of likely N-dealkylation sites (N-methyl/N-ethyl adjacent to an activating group) is 1. The lowest BCUT2D eigenvalue weighted by molar-refractivity contribution is -0.274. The molecule has 0 spiro atoms. The van der Waals surface area contributed by atoms with Gasteiger partial charge in [0.1, 0.15) is 5.75 Å². The number of amides is 1. The number of ether oxygens (including phenoxy) is 1. The van der Waals surface area contributed by atoms with E-state index in [1.54, 1.807) is 27.6 Å². The zero-order valence-corrected chi connectivity index (χ0v) is 15.6. The average Bonchev–Trinajstić information content (AvgIpc) is 3.10. The van der Waals surface area contributed by atoms with Crippen LogP contribution in [0.5, 0.6) is 5.75 Å². The summed E-state index contributed by atoms with van der Waals surface area (Å²) >= 11 is 0. The molecular formula is C19H18F3N5O2. The Labute approximate surface area is 164 Å². The van der Waals surface area contributed by atoms with Crippen LogP contribution in [0.25, 0.3) is 17.0 Å². The van der Waals surface area contributed by atoms with Crippen molar-refractivity contribution < 1.29 is 22.7 Å². The zero-order chi connectivity index (χ0) is 20.6. The number of carbonyl (C=O) groups is 1. The molecule has 4 rings (SSSR count). The minimum atomic E-state index is -4.75. The molecule has 1 aliphatic rings. The summed E-state index contributed by atoms with van der Waals surface area (Å²) in [5.74, 6) is 0.0289. The van der Waals surface area contributed by atoms with Gasteiger partial charge in [-0.2, -0.15) is 0 Å². The van der Waals surface area contributed by atoms with E-state index in [1.807, 2.05) is 7.05 Å². The number of aromatic nitrogens is 3. The first-order chi connectivity index (χ1) is 13.8. The van der Waals surface area contributed by atoms with Crippen LogP contribution in [0.4, 0.5) is 13.2 Å². The highest BCUT2D eigenvalue weighted by molar-refractivity contribution is 5.94. The molecule has 1 amide bonds. The van der Waals surface area contributed by atoms with Crippen LogP contribution < -0.4 is 4.74 Å². The number of nitrogens with zero attached hydrogens (tertiary/aromatic N) is 5. The molecule has 0 unspecified atom stereocenters. The van der Waals surface area contributed by atoms with Crippen LogP contribution in [-0.4, -0.2) is 69.9 Å². The molecule has 7 nitrogen and oxygen atoms in total. The molecule has 0 N–H and O–H groups in total. The second-order valence-corrected chi connectivity index (χ2v) is 6.84. The molecule has 152 valence electrons. The summed E-state index contributed by atoms with van der Waals surface area (Å²) in [4.78, 5) is 16.8. The topological polar surface area (TPSA) is 63.0 Å². The van der Waals surface area contributed by atoms with E-state index in [0.29, 0.717) is 35.7 Å². The molecular weight excluding hydrogens is 387 g/mol. The third-order valence-electron chi connectivity index (χ3n) is 4.79. The van der Waals surface area contributed by atoms with Gasteiger partial charge >= 0.3 is 6.36 Å². The van der Waals surface area contributed by atoms with Gasteiger partial charge in [-0.15, -0.1) is 23.4 Å². The minimum Gasteiger partial charge on any atom is -0.406 e. The van der Waals surface area contributed by atoms with Crippen molar-refractivity contribution in [2.75, 3.05) is 33.2 Å². The van der Waals surface area contributed by atoms with E-state index in [2.05, 4.69) is 19.8 Å². The third-order valence-corrected chi connectivity index (χ3v) is 4.79. The quantitative estimate of drug-likeness (QED) is 0.671. The van der Waals surface area contributed by atoms with Crippen molar-refractivity contribution in [3.63, 3.8) is 0 Å². The highest BCUT2D eigenvalue weighted by Gasteiger charge is 2.31. The summed E-state index contributed by atoms with van der Waals surface area (Å²) in [5.41, 5.74) is 1.59. The fourth-order valence-corrected chi connectivity index (χ4v) is 3.21. The Morgan fingerprint density at radius 3 is 2.34 bits per heavy atom. The van der Waals surface area contributed by atoms with E-state index in [9.17, 15) is 18.0 Å². The normalized spacial score (nSPS) is 15.7. The maximum Gasteiger partial charge on any atom is 0.573 e. The molecule has 0 radical (unpaired) electrons. The smallest absolute Gasteiger partial charge is 0.406 e. The lowest BCUT2D eigenvalue weighted by Gasteiger charge is -2.32. The Morgan fingerprint density at radius 1 is 1.00 bits per heavy atom. The van der Waals surface area contributed by atoms with Crippen LogP contribution in [0.1, 0.15) is 10.4 Å². The Hall–Kier alpha value is -3.14. The van der Waals surface area contributed by atoms with Crippen molar-refractivity contribution in [1.29, 1.82) is 0 Å². The minimum absolute atomic E-state index is 0.0754. The molecule has 1 aliphatic heterocycles. The van der Waals surface area contributed by atoms with Crippen LogP contribution >= 0.6 is 0 Å². The Kier molecular flexibility index (Phi) is 4.87. The van der Waals surface area contributed by atoms with Crippen molar-refractivity contribution in [3.05, 3.63) is 48.2 Å². The summed E-state index contributed by atoms with van der Waals surface area (Å²) in [7, 11) is 2.02. The van der Waals surface area contributed by atoms with E-state index >= 15 is 0 Å². The van der Waals surface area contributed by atoms with Gasteiger partial charge in [-0.1, -0.05) is 0 Å². The van der Waals surface area contributed by atoms with Gasteiger partial charge in [-0.25, -0.2) is 0 Å². The average molecular weight is 405 g/mol. The highest BCUT2D eigenvalue weighted by Crippen LogP contribution is 2.26. The Bertz CT molecular complexity index is 1020. The lowest BCUT2D eigenvalue weighted by Crippen LogP contribution is -2.47. The van der Waals surface area contributed by atoms with E-state index in [4.69, 9.17) is 0 Å². The van der Waals surface area contributed by atoms with Crippen molar-refractivity contribution in [2.24, 2.45) is 0 Å². The number of carbonyl (C=O) groups excluding carboxylic acids is 1. The zero-order valence-electron chi connectivity index (χ0n) is 15.6. The molecule has 0 aliphatic carbocycles. The molecule has 10 heteroatoms. The largest absolute Gasteiger partial charge is 0.573 e. The van der Waals surface area contributed by atoms with Gasteiger partial charge in [0, 0.05) is 37.9 Å². The lowest BCUT2D eigenvalue weighted by atomic mass is 10.2. The highest BCUT2D eigenvalue weighted by atomic mass is 19.4. The number of hydrogen-bond donors (Lipinski definition) is 0. The summed E-state index contributed by atoms with van der Waals surface area (Å²) in [6, 6.07) is 8.75. The maximum absolute atomic E-state index is 12.8. The molecule has 1 fully saturated rings. The van der Waals surface area contributed by atoms with Crippen LogP contribution in [0.15, 0.2) is 42.6 Å². The van der Waals surface area contributed by atoms with Crippen LogP contribution in [0.2, 0.25) is 0 Å². The number of pyridine rings is 1. The molecule has 3 aromatic rings. The third kappa shape index (κ3) is 4.16. The van der Waals surface area contributed by atoms with E-state index < -0.39 is 6.36 Å². The molecule has 0 atom stereocenters. The first-order valence-corrected chi connectivity index (χ1v) is 8.99. The number of hydrogen-bond acceptors (Lipinski definition) is 5. The second-order valence-electron chi connectivity index (χ2n) is 6.84. The number of piperazine rings is 1. The van der Waals surface area contributed by atoms with E-state index in [1.165, 1.54) is 24.3 Å². The standard InChI is InChI=1S/C19H18F3N5O2/c1-25-8-10-26(11-9-25)18(28)14-4-7-16-23-24-17(27(16)12-14)13-2-5-15(6-3-13)29-19(20,21)22/h2-7,12H,8-11H2,1H3. The van der Waals surface area contributed by atoms with Crippen molar-refractivity contribution in [1.82, 2.24) is 24.4 Å². The summed E-state index contributed by atoms with van der Waals surface area (Å²) < 4.78 is 42.5. The van der Waals surface area contributed by atoms with Gasteiger partial charge in [0.15, 0.2) is 11.5 Å². The monoisotopic (exact) mass is 405 g/mol. The van der Waals surface area contributed by atoms with Crippen molar-refractivity contribution in [3.8, 4) is 17.1 Å². The summed E-state index contributed by atoms with van der Waals surface area (Å²) in [6.45, 7) is 2.95. The predicted molar refractivity (Wildman–Crippen MR) is 98.5 cm³/mol. The molecule has 1 saturated heterocycles. The molecule has 2 aromatic heterocycles. The van der Waals surface area contributed by atoms with Gasteiger partial charge in [-0.3, -0.25) is 9.20 Å². The maximum atomic E-state index is 12.8. The fourth-order valence-electron chi connectivity index (χ4n) is 3.21. The van der Waals surface area contributed by atoms with Gasteiger partial charge in [0.25, 0.3) is 5.91 Å². The first-order valence-electron chi connectivity index (χ1n) is 8.99. The van der Waals surface area contributed by atoms with Gasteiger partial charge in [-0.05, 0) is 43.4 Å². The van der Waals surface area contributed by atoms with Gasteiger partial charge in [0.2, 0.25) is 0 Å². The van der Waals surface area contributed by atoms with Gasteiger partial charge < -0.3 is 14.5 Å². The summed E-state index contributed by atoms with van der Waals surface area (Å²) in [5, 5.41) is 8.18. The molecule has 0 bridgehead atoms. The fraction of sp³-hybridized carbons (Fsp3) is 0.316. The molecule has 29 heavy (non-hydrogen) atoms. The first kappa shape index (κ1) is 19.2. The number of alkyl halides is 3. The molecule has 3 heterocycles. The SMILES string of the molecule is CN1CCN(C(=O)c2ccc3nnc(-c4ccc(OC(F)(F)F)cc4)n3c2)CC1. The molecule has 0 saturated carbocycles. The Balaban J connectivity index is 1.61. The predicted octanol–water partition coefficient (Wildman–Crippen LogP) is 2.68. The van der Waals surface area contributed by atoms with E-state index in [-0.39, 0.29) is 11.7 Å². The number of benzene rings is 1. The van der Waals surface area contributed by atoms with Crippen LogP contribution in [0, 0.1) is 0 Å². The van der Waals surface area contributed by atoms with Crippen LogP contribution in [-0.2, 0) is 0 Å². The summed E-state index contributed by atoms with van der Waals surface area (Å²) in [6.07, 6.45) is -3.09. The number of fused-ring (bicyclic) bond motifs is 1. The van der Waals surface area contributed by atoms with E-state index in [0.717, 1.165) is 13.1 Å². The van der Waals surface area contributed by atoms with Crippen molar-refractivity contribution in [2.45, 2.75) is 6.36 Å². The number of rotatable bonds is 3. The second kappa shape index (κ2) is 7.36. The number of halogens is 3. The van der Waals surface area contributed by atoms with Crippen molar-refractivity contribution >= 4 is 11.6 Å². The van der Waals surface area contributed by atoms with Crippen LogP contribution in [0.3, 0.4) is 0 Å². The van der Waals surface area contributed by atoms with Gasteiger partial charge in [0.05, 0.1) is 5.56 Å². The Morgan fingerprint density at radius 2 is 1.69 bits per heavy atom.